The Morgan fingerprint density at radius 1 is 1.43 bits per heavy atom. The highest BCUT2D eigenvalue weighted by Gasteiger charge is 2.62. The number of carbonyl (C=O) groups is 1. The molecule has 0 bridgehead atoms. The minimum absolute atomic E-state index is 0.00863. The van der Waals surface area contributed by atoms with Crippen LogP contribution in [0.15, 0.2) is 11.6 Å². The summed E-state index contributed by atoms with van der Waals surface area (Å²) in [6.07, 6.45) is 6.56. The van der Waals surface area contributed by atoms with Gasteiger partial charge < -0.3 is 14.4 Å². The topological polar surface area (TPSA) is 42.1 Å². The van der Waals surface area contributed by atoms with Crippen LogP contribution in [0.5, 0.6) is 0 Å². The maximum atomic E-state index is 12.3. The molecule has 21 heavy (non-hydrogen) atoms. The third-order valence-corrected chi connectivity index (χ3v) is 5.30. The third kappa shape index (κ3) is 2.88. The summed E-state index contributed by atoms with van der Waals surface area (Å²) >= 11 is 0. The Hall–Kier alpha value is -0.870. The van der Waals surface area contributed by atoms with Crippen LogP contribution in [0.1, 0.15) is 39.5 Å². The van der Waals surface area contributed by atoms with Gasteiger partial charge in [0.2, 0.25) is 0 Å². The lowest BCUT2D eigenvalue weighted by atomic mass is 9.80. The lowest BCUT2D eigenvalue weighted by Crippen LogP contribution is -2.34. The zero-order chi connectivity index (χ0) is 15.2. The van der Waals surface area contributed by atoms with Gasteiger partial charge in [0.1, 0.15) is 12.2 Å². The van der Waals surface area contributed by atoms with Crippen LogP contribution < -0.4 is 0 Å². The molecule has 1 unspecified atom stereocenters. The number of nitrogens with zero attached hydrogens (tertiary/aromatic N) is 1. The Labute approximate surface area is 127 Å². The van der Waals surface area contributed by atoms with Gasteiger partial charge >= 0.3 is 5.97 Å². The van der Waals surface area contributed by atoms with E-state index in [4.69, 9.17) is 9.47 Å². The molecule has 2 saturated heterocycles. The first-order valence-corrected chi connectivity index (χ1v) is 8.09. The van der Waals surface area contributed by atoms with Gasteiger partial charge in [-0.05, 0) is 53.6 Å². The fourth-order valence-corrected chi connectivity index (χ4v) is 3.94. The van der Waals surface area contributed by atoms with E-state index in [1.165, 1.54) is 5.57 Å². The van der Waals surface area contributed by atoms with Gasteiger partial charge in [0.05, 0.1) is 11.5 Å². The zero-order valence-electron chi connectivity index (χ0n) is 13.6. The summed E-state index contributed by atoms with van der Waals surface area (Å²) in [5.74, 6) is 0.247. The summed E-state index contributed by atoms with van der Waals surface area (Å²) < 4.78 is 11.7. The quantitative estimate of drug-likeness (QED) is 0.445. The molecule has 0 radical (unpaired) electrons. The number of hydrogen-bond acceptors (Lipinski definition) is 4. The van der Waals surface area contributed by atoms with E-state index in [1.807, 2.05) is 14.1 Å². The average Bonchev–Trinajstić information content (AvgIpc) is 2.97. The number of fused-ring (bicyclic) bond motifs is 3. The zero-order valence-corrected chi connectivity index (χ0v) is 13.6. The molecule has 1 aliphatic carbocycles. The molecule has 0 spiro atoms. The molecule has 5 atom stereocenters. The Morgan fingerprint density at radius 3 is 2.90 bits per heavy atom. The molecule has 0 aromatic rings. The number of rotatable bonds is 2. The van der Waals surface area contributed by atoms with E-state index >= 15 is 0 Å². The minimum atomic E-state index is -0.0929. The predicted octanol–water partition coefficient (Wildman–Crippen LogP) is 2.38. The summed E-state index contributed by atoms with van der Waals surface area (Å²) in [4.78, 5) is 14.4. The van der Waals surface area contributed by atoms with Crippen LogP contribution in [0.25, 0.3) is 0 Å². The summed E-state index contributed by atoms with van der Waals surface area (Å²) in [6, 6.07) is 0. The van der Waals surface area contributed by atoms with Crippen molar-refractivity contribution >= 4 is 5.97 Å². The highest BCUT2D eigenvalue weighted by Crippen LogP contribution is 2.50. The number of ether oxygens (including phenoxy) is 2. The first-order valence-electron chi connectivity index (χ1n) is 8.09. The highest BCUT2D eigenvalue weighted by molar-refractivity contribution is 5.75. The van der Waals surface area contributed by atoms with Crippen LogP contribution in [0.4, 0.5) is 0 Å². The van der Waals surface area contributed by atoms with Gasteiger partial charge in [0.15, 0.2) is 0 Å². The van der Waals surface area contributed by atoms with Crippen LogP contribution in [0, 0.1) is 11.8 Å². The smallest absolute Gasteiger partial charge is 0.311 e. The number of esters is 1. The predicted molar refractivity (Wildman–Crippen MR) is 80.9 cm³/mol. The Balaban J connectivity index is 1.83. The molecule has 3 aliphatic rings. The number of hydrogen-bond donors (Lipinski definition) is 0. The average molecular weight is 293 g/mol. The second kappa shape index (κ2) is 5.40. The van der Waals surface area contributed by atoms with Crippen LogP contribution in [-0.2, 0) is 14.3 Å². The van der Waals surface area contributed by atoms with Crippen LogP contribution in [0.3, 0.4) is 0 Å². The Kier molecular flexibility index (Phi) is 3.87. The lowest BCUT2D eigenvalue weighted by Gasteiger charge is -2.23. The highest BCUT2D eigenvalue weighted by atomic mass is 16.6. The largest absolute Gasteiger partial charge is 0.459 e. The molecule has 0 N–H and O–H groups in total. The summed E-state index contributed by atoms with van der Waals surface area (Å²) in [6.45, 7) is 5.13. The van der Waals surface area contributed by atoms with Crippen molar-refractivity contribution in [1.82, 2.24) is 4.90 Å². The van der Waals surface area contributed by atoms with Crippen molar-refractivity contribution in [2.75, 3.05) is 20.6 Å². The normalized spacial score (nSPS) is 45.4. The molecule has 2 fully saturated rings. The van der Waals surface area contributed by atoms with Crippen molar-refractivity contribution in [2.24, 2.45) is 11.8 Å². The molecule has 3 rings (SSSR count). The van der Waals surface area contributed by atoms with Gasteiger partial charge in [-0.3, -0.25) is 4.79 Å². The Morgan fingerprint density at radius 2 is 2.19 bits per heavy atom. The Bertz CT molecular complexity index is 459. The van der Waals surface area contributed by atoms with Crippen LogP contribution in [-0.4, -0.2) is 49.3 Å². The molecule has 0 aromatic heterocycles. The second-order valence-corrected chi connectivity index (χ2v) is 7.41. The summed E-state index contributed by atoms with van der Waals surface area (Å²) in [5, 5.41) is 0. The first-order chi connectivity index (χ1) is 9.90. The monoisotopic (exact) mass is 293 g/mol. The van der Waals surface area contributed by atoms with Crippen molar-refractivity contribution in [3.8, 4) is 0 Å². The summed E-state index contributed by atoms with van der Waals surface area (Å²) in [5.41, 5.74) is 1.34. The molecular formula is C17H27NO3. The van der Waals surface area contributed by atoms with Gasteiger partial charge in [0.25, 0.3) is 0 Å². The van der Waals surface area contributed by atoms with E-state index in [0.717, 1.165) is 32.2 Å². The number of allylic oxidation sites excluding steroid dienone is 2. The van der Waals surface area contributed by atoms with E-state index < -0.39 is 0 Å². The van der Waals surface area contributed by atoms with E-state index in [0.29, 0.717) is 0 Å². The summed E-state index contributed by atoms with van der Waals surface area (Å²) in [7, 11) is 4.04. The van der Waals surface area contributed by atoms with Crippen molar-refractivity contribution in [2.45, 2.75) is 57.3 Å². The minimum Gasteiger partial charge on any atom is -0.459 e. The molecule has 118 valence electrons. The van der Waals surface area contributed by atoms with E-state index in [1.54, 1.807) is 0 Å². The van der Waals surface area contributed by atoms with Crippen molar-refractivity contribution in [3.05, 3.63) is 11.6 Å². The van der Waals surface area contributed by atoms with E-state index in [-0.39, 0.29) is 35.6 Å². The molecule has 2 heterocycles. The van der Waals surface area contributed by atoms with Crippen LogP contribution in [0.2, 0.25) is 0 Å². The number of carbonyl (C=O) groups excluding carboxylic acids is 1. The van der Waals surface area contributed by atoms with Gasteiger partial charge in [-0.1, -0.05) is 11.6 Å². The molecular weight excluding hydrogens is 266 g/mol. The second-order valence-electron chi connectivity index (χ2n) is 7.41. The van der Waals surface area contributed by atoms with E-state index in [2.05, 4.69) is 24.8 Å². The lowest BCUT2D eigenvalue weighted by molar-refractivity contribution is -0.145. The van der Waals surface area contributed by atoms with Gasteiger partial charge in [-0.25, -0.2) is 0 Å². The van der Waals surface area contributed by atoms with Gasteiger partial charge in [-0.2, -0.15) is 0 Å². The molecule has 2 aliphatic heterocycles. The fraction of sp³-hybridized carbons (Fsp3) is 0.824. The van der Waals surface area contributed by atoms with E-state index in [9.17, 15) is 4.79 Å². The molecule has 0 aromatic carbocycles. The van der Waals surface area contributed by atoms with Crippen molar-refractivity contribution in [3.63, 3.8) is 0 Å². The first kappa shape index (κ1) is 15.0. The SMILES string of the molecule is C/C1=C\CC[C@@]2(C)O[C@@H]2[C@H]2OC(=O)C(CN(C)C)[C@@H]2CC1. The van der Waals surface area contributed by atoms with Gasteiger partial charge in [-0.15, -0.1) is 0 Å². The standard InChI is InChI=1S/C17H27NO3/c1-11-6-5-9-17(2)15(21-17)14-12(8-7-11)13(10-18(3)4)16(19)20-14/h6,12-15H,5,7-10H2,1-4H3/b11-6+/t12-,13?,14-,15+,17+/m0/s1. The molecule has 4 nitrogen and oxygen atoms in total. The van der Waals surface area contributed by atoms with Crippen LogP contribution >= 0.6 is 0 Å². The molecule has 4 heteroatoms. The molecule has 0 amide bonds. The fourth-order valence-electron chi connectivity index (χ4n) is 3.94. The van der Waals surface area contributed by atoms with Crippen molar-refractivity contribution < 1.29 is 14.3 Å². The third-order valence-electron chi connectivity index (χ3n) is 5.30. The maximum absolute atomic E-state index is 12.3. The van der Waals surface area contributed by atoms with Gasteiger partial charge in [0, 0.05) is 12.5 Å². The molecule has 0 saturated carbocycles. The number of epoxide rings is 1. The van der Waals surface area contributed by atoms with Crippen molar-refractivity contribution in [1.29, 1.82) is 0 Å². The maximum Gasteiger partial charge on any atom is 0.311 e.